The zero-order valence-corrected chi connectivity index (χ0v) is 6.86. The number of para-hydroxylation sites is 1. The normalized spacial score (nSPS) is 10.2. The molecule has 0 aliphatic heterocycles. The lowest BCUT2D eigenvalue weighted by atomic mass is 10.2. The van der Waals surface area contributed by atoms with Gasteiger partial charge in [-0.05, 0) is 6.07 Å². The van der Waals surface area contributed by atoms with Gasteiger partial charge in [-0.15, -0.1) is 0 Å². The average Bonchev–Trinajstić information content (AvgIpc) is 2.62. The molecule has 0 fully saturated rings. The van der Waals surface area contributed by atoms with E-state index in [1.165, 1.54) is 0 Å². The second kappa shape index (κ2) is 3.26. The number of aromatic nitrogens is 2. The predicted octanol–water partition coefficient (Wildman–Crippen LogP) is 1.24. The summed E-state index contributed by atoms with van der Waals surface area (Å²) in [6.07, 6.45) is 1.62. The summed E-state index contributed by atoms with van der Waals surface area (Å²) < 4.78 is 4.66. The minimum absolute atomic E-state index is 0.270. The van der Waals surface area contributed by atoms with Crippen molar-refractivity contribution in [3.05, 3.63) is 30.1 Å². The van der Waals surface area contributed by atoms with Crippen LogP contribution < -0.4 is 0 Å². The minimum atomic E-state index is 0.270. The van der Waals surface area contributed by atoms with Gasteiger partial charge in [0.25, 0.3) is 6.47 Å². The van der Waals surface area contributed by atoms with Crippen molar-refractivity contribution >= 4 is 17.5 Å². The first-order chi connectivity index (χ1) is 6.42. The second-order valence-corrected chi connectivity index (χ2v) is 2.62. The molecule has 4 heteroatoms. The van der Waals surface area contributed by atoms with Gasteiger partial charge in [0.1, 0.15) is 6.61 Å². The van der Waals surface area contributed by atoms with Crippen molar-refractivity contribution in [2.24, 2.45) is 0 Å². The molecule has 0 aliphatic rings. The lowest BCUT2D eigenvalue weighted by Crippen LogP contribution is -1.91. The van der Waals surface area contributed by atoms with Crippen LogP contribution in [-0.4, -0.2) is 16.4 Å². The van der Waals surface area contributed by atoms with Crippen LogP contribution in [0.25, 0.3) is 11.0 Å². The highest BCUT2D eigenvalue weighted by atomic mass is 16.5. The molecule has 0 saturated heterocycles. The summed E-state index contributed by atoms with van der Waals surface area (Å²) in [5.74, 6) is 0. The van der Waals surface area contributed by atoms with Crippen LogP contribution in [0.2, 0.25) is 0 Å². The molecule has 1 N–H and O–H groups in total. The molecule has 0 unspecified atom stereocenters. The van der Waals surface area contributed by atoms with E-state index in [1.54, 1.807) is 6.33 Å². The van der Waals surface area contributed by atoms with Crippen molar-refractivity contribution in [2.45, 2.75) is 6.61 Å². The summed E-state index contributed by atoms with van der Waals surface area (Å²) in [6, 6.07) is 5.70. The Morgan fingerprint density at radius 2 is 2.46 bits per heavy atom. The van der Waals surface area contributed by atoms with E-state index in [0.29, 0.717) is 6.47 Å². The van der Waals surface area contributed by atoms with Crippen molar-refractivity contribution in [1.29, 1.82) is 0 Å². The number of imidazole rings is 1. The molecule has 13 heavy (non-hydrogen) atoms. The molecule has 2 rings (SSSR count). The SMILES string of the molecule is O=COCc1cccc2[nH]cnc12. The van der Waals surface area contributed by atoms with E-state index in [-0.39, 0.29) is 6.61 Å². The monoisotopic (exact) mass is 176 g/mol. The highest BCUT2D eigenvalue weighted by Crippen LogP contribution is 2.14. The van der Waals surface area contributed by atoms with Crippen LogP contribution >= 0.6 is 0 Å². The number of benzene rings is 1. The summed E-state index contributed by atoms with van der Waals surface area (Å²) in [7, 11) is 0. The molecule has 0 saturated carbocycles. The van der Waals surface area contributed by atoms with E-state index in [9.17, 15) is 4.79 Å². The number of hydrogen-bond acceptors (Lipinski definition) is 3. The van der Waals surface area contributed by atoms with Gasteiger partial charge in [0.15, 0.2) is 0 Å². The molecular formula is C9H8N2O2. The molecule has 0 amide bonds. The van der Waals surface area contributed by atoms with Crippen molar-refractivity contribution in [1.82, 2.24) is 9.97 Å². The topological polar surface area (TPSA) is 55.0 Å². The number of carbonyl (C=O) groups is 1. The molecule has 0 radical (unpaired) electrons. The fourth-order valence-electron chi connectivity index (χ4n) is 1.27. The van der Waals surface area contributed by atoms with E-state index in [4.69, 9.17) is 0 Å². The first-order valence-corrected chi connectivity index (χ1v) is 3.88. The third-order valence-corrected chi connectivity index (χ3v) is 1.84. The Morgan fingerprint density at radius 1 is 1.54 bits per heavy atom. The van der Waals surface area contributed by atoms with E-state index < -0.39 is 0 Å². The van der Waals surface area contributed by atoms with Gasteiger partial charge in [-0.3, -0.25) is 4.79 Å². The van der Waals surface area contributed by atoms with Crippen molar-refractivity contribution in [2.75, 3.05) is 0 Å². The van der Waals surface area contributed by atoms with Gasteiger partial charge in [-0.1, -0.05) is 12.1 Å². The number of nitrogens with one attached hydrogen (secondary N) is 1. The zero-order chi connectivity index (χ0) is 9.10. The summed E-state index contributed by atoms with van der Waals surface area (Å²) in [6.45, 7) is 0.706. The molecule has 66 valence electrons. The molecule has 1 heterocycles. The van der Waals surface area contributed by atoms with Gasteiger partial charge >= 0.3 is 0 Å². The van der Waals surface area contributed by atoms with Crippen LogP contribution in [0, 0.1) is 0 Å². The number of aromatic amines is 1. The molecular weight excluding hydrogens is 168 g/mol. The van der Waals surface area contributed by atoms with Crippen LogP contribution in [0.15, 0.2) is 24.5 Å². The van der Waals surface area contributed by atoms with Gasteiger partial charge in [0.2, 0.25) is 0 Å². The van der Waals surface area contributed by atoms with Crippen LogP contribution in [0.5, 0.6) is 0 Å². The van der Waals surface area contributed by atoms with Gasteiger partial charge in [-0.2, -0.15) is 0 Å². The van der Waals surface area contributed by atoms with Gasteiger partial charge in [-0.25, -0.2) is 4.98 Å². The average molecular weight is 176 g/mol. The maximum Gasteiger partial charge on any atom is 0.293 e. The molecule has 0 atom stereocenters. The third-order valence-electron chi connectivity index (χ3n) is 1.84. The Morgan fingerprint density at radius 3 is 3.31 bits per heavy atom. The Balaban J connectivity index is 2.42. The Labute approximate surface area is 74.5 Å². The van der Waals surface area contributed by atoms with Crippen LogP contribution in [0.1, 0.15) is 5.56 Å². The van der Waals surface area contributed by atoms with Crippen LogP contribution in [0.4, 0.5) is 0 Å². The molecule has 2 aromatic rings. The highest BCUT2D eigenvalue weighted by molar-refractivity contribution is 5.78. The molecule has 1 aromatic carbocycles. The molecule has 0 bridgehead atoms. The lowest BCUT2D eigenvalue weighted by molar-refractivity contribution is -0.129. The van der Waals surface area contributed by atoms with E-state index in [1.807, 2.05) is 18.2 Å². The summed E-state index contributed by atoms with van der Waals surface area (Å²) in [5.41, 5.74) is 2.71. The lowest BCUT2D eigenvalue weighted by Gasteiger charge is -1.99. The smallest absolute Gasteiger partial charge is 0.293 e. The van der Waals surface area contributed by atoms with Crippen molar-refractivity contribution in [3.63, 3.8) is 0 Å². The maximum atomic E-state index is 10.0. The number of carbonyl (C=O) groups excluding carboxylic acids is 1. The number of fused-ring (bicyclic) bond motifs is 1. The summed E-state index contributed by atoms with van der Waals surface area (Å²) >= 11 is 0. The first-order valence-electron chi connectivity index (χ1n) is 3.88. The molecule has 0 spiro atoms. The predicted molar refractivity (Wildman–Crippen MR) is 46.9 cm³/mol. The number of rotatable bonds is 3. The van der Waals surface area contributed by atoms with Gasteiger partial charge in [0.05, 0.1) is 17.4 Å². The number of H-pyrrole nitrogens is 1. The molecule has 0 aliphatic carbocycles. The van der Waals surface area contributed by atoms with Gasteiger partial charge < -0.3 is 9.72 Å². The van der Waals surface area contributed by atoms with Crippen molar-refractivity contribution in [3.8, 4) is 0 Å². The van der Waals surface area contributed by atoms with E-state index in [2.05, 4.69) is 14.7 Å². The van der Waals surface area contributed by atoms with Crippen LogP contribution in [0.3, 0.4) is 0 Å². The fraction of sp³-hybridized carbons (Fsp3) is 0.111. The Bertz CT molecular complexity index is 422. The summed E-state index contributed by atoms with van der Waals surface area (Å²) in [4.78, 5) is 17.1. The van der Waals surface area contributed by atoms with Crippen molar-refractivity contribution < 1.29 is 9.53 Å². The minimum Gasteiger partial charge on any atom is -0.463 e. The summed E-state index contributed by atoms with van der Waals surface area (Å²) in [5, 5.41) is 0. The number of ether oxygens (including phenoxy) is 1. The van der Waals surface area contributed by atoms with E-state index in [0.717, 1.165) is 16.6 Å². The van der Waals surface area contributed by atoms with Crippen LogP contribution in [-0.2, 0) is 16.1 Å². The molecule has 1 aromatic heterocycles. The van der Waals surface area contributed by atoms with Gasteiger partial charge in [0, 0.05) is 5.56 Å². The van der Waals surface area contributed by atoms with E-state index >= 15 is 0 Å². The Hall–Kier alpha value is -1.84. The largest absolute Gasteiger partial charge is 0.463 e. The zero-order valence-electron chi connectivity index (χ0n) is 6.86. The quantitative estimate of drug-likeness (QED) is 0.716. The standard InChI is InChI=1S/C9H8N2O2/c12-6-13-4-7-2-1-3-8-9(7)11-5-10-8/h1-3,5-6H,4H2,(H,10,11). The first kappa shape index (κ1) is 7.79. The highest BCUT2D eigenvalue weighted by Gasteiger charge is 2.02. The second-order valence-electron chi connectivity index (χ2n) is 2.62. The number of hydrogen-bond donors (Lipinski definition) is 1. The Kier molecular flexibility index (Phi) is 1.96. The third kappa shape index (κ3) is 1.38. The maximum absolute atomic E-state index is 10.0. The number of nitrogens with zero attached hydrogens (tertiary/aromatic N) is 1. The molecule has 4 nitrogen and oxygen atoms in total. The fourth-order valence-corrected chi connectivity index (χ4v) is 1.27.